The average Bonchev–Trinajstić information content (AvgIpc) is 2.55. The Balaban J connectivity index is 0.000000704. The van der Waals surface area contributed by atoms with Crippen molar-refractivity contribution in [3.63, 3.8) is 0 Å². The van der Waals surface area contributed by atoms with Crippen LogP contribution in [0.1, 0.15) is 25.0 Å². The van der Waals surface area contributed by atoms with Crippen molar-refractivity contribution < 1.29 is 13.2 Å². The van der Waals surface area contributed by atoms with E-state index in [0.717, 1.165) is 5.56 Å². The van der Waals surface area contributed by atoms with Crippen LogP contribution in [-0.4, -0.2) is 8.42 Å². The van der Waals surface area contributed by atoms with Gasteiger partial charge in [-0.2, -0.15) is 0 Å². The van der Waals surface area contributed by atoms with Crippen LogP contribution in [0.5, 0.6) is 11.5 Å². The van der Waals surface area contributed by atoms with Gasteiger partial charge in [0.15, 0.2) is 9.84 Å². The lowest BCUT2D eigenvalue weighted by Crippen LogP contribution is -2.03. The van der Waals surface area contributed by atoms with Gasteiger partial charge in [0.2, 0.25) is 0 Å². The molecule has 106 valence electrons. The summed E-state index contributed by atoms with van der Waals surface area (Å²) in [6, 6.07) is 12.5. The molecule has 0 aromatic heterocycles. The summed E-state index contributed by atoms with van der Waals surface area (Å²) in [6.45, 7) is 5.87. The number of rotatable bonds is 0. The lowest BCUT2D eigenvalue weighted by molar-refractivity contribution is 0.468. The van der Waals surface area contributed by atoms with Crippen molar-refractivity contribution in [2.24, 2.45) is 0 Å². The normalized spacial score (nSPS) is 14.8. The highest BCUT2D eigenvalue weighted by atomic mass is 32.2. The van der Waals surface area contributed by atoms with E-state index in [2.05, 4.69) is 0 Å². The lowest BCUT2D eigenvalue weighted by Gasteiger charge is -2.07. The molecular weight excluding hydrogens is 272 g/mol. The van der Waals surface area contributed by atoms with Crippen LogP contribution in [0.25, 0.3) is 0 Å². The first-order valence-electron chi connectivity index (χ1n) is 6.65. The van der Waals surface area contributed by atoms with Crippen molar-refractivity contribution in [3.05, 3.63) is 53.6 Å². The van der Waals surface area contributed by atoms with Gasteiger partial charge in [-0.1, -0.05) is 38.1 Å². The minimum Gasteiger partial charge on any atom is -0.456 e. The molecule has 2 aromatic carbocycles. The van der Waals surface area contributed by atoms with Crippen LogP contribution in [-0.2, 0) is 15.6 Å². The minimum absolute atomic E-state index is 0.0143. The average molecular weight is 290 g/mol. The predicted octanol–water partition coefficient (Wildman–Crippen LogP) is 4.10. The van der Waals surface area contributed by atoms with Crippen molar-refractivity contribution in [1.29, 1.82) is 0 Å². The highest BCUT2D eigenvalue weighted by molar-refractivity contribution is 7.90. The molecule has 4 heteroatoms. The van der Waals surface area contributed by atoms with E-state index < -0.39 is 9.84 Å². The number of hydrogen-bond acceptors (Lipinski definition) is 3. The molecule has 0 atom stereocenters. The quantitative estimate of drug-likeness (QED) is 0.733. The Morgan fingerprint density at radius 1 is 1.00 bits per heavy atom. The zero-order valence-corrected chi connectivity index (χ0v) is 12.7. The number of sulfone groups is 1. The van der Waals surface area contributed by atoms with Gasteiger partial charge in [0, 0.05) is 5.56 Å². The van der Waals surface area contributed by atoms with Crippen LogP contribution < -0.4 is 4.74 Å². The maximum absolute atomic E-state index is 12.3. The summed E-state index contributed by atoms with van der Waals surface area (Å²) >= 11 is 0. The third kappa shape index (κ3) is 2.70. The zero-order valence-electron chi connectivity index (χ0n) is 11.9. The maximum Gasteiger partial charge on any atom is 0.186 e. The maximum atomic E-state index is 12.3. The third-order valence-corrected chi connectivity index (χ3v) is 4.65. The van der Waals surface area contributed by atoms with E-state index in [1.807, 2.05) is 39.0 Å². The van der Waals surface area contributed by atoms with Crippen molar-refractivity contribution in [3.8, 4) is 11.5 Å². The molecule has 1 heterocycles. The molecule has 0 bridgehead atoms. The fraction of sp³-hybridized carbons (Fsp3) is 0.250. The largest absolute Gasteiger partial charge is 0.456 e. The molecule has 1 aliphatic rings. The van der Waals surface area contributed by atoms with Crippen molar-refractivity contribution in [1.82, 2.24) is 0 Å². The Hall–Kier alpha value is -1.81. The second kappa shape index (κ2) is 5.67. The smallest absolute Gasteiger partial charge is 0.186 e. The molecule has 0 unspecified atom stereocenters. The summed E-state index contributed by atoms with van der Waals surface area (Å²) in [5.41, 5.74) is 1.61. The summed E-state index contributed by atoms with van der Waals surface area (Å²) in [4.78, 5) is 0.277. The predicted molar refractivity (Wildman–Crippen MR) is 79.9 cm³/mol. The monoisotopic (exact) mass is 290 g/mol. The fourth-order valence-corrected chi connectivity index (χ4v) is 3.65. The van der Waals surface area contributed by atoms with Crippen molar-refractivity contribution in [2.75, 3.05) is 0 Å². The van der Waals surface area contributed by atoms with Gasteiger partial charge in [-0.25, -0.2) is 8.42 Å². The SMILES string of the molecule is CC.Cc1ccc2c(c1)S(=O)(=O)Cc1ccccc1O2. The van der Waals surface area contributed by atoms with Gasteiger partial charge in [-0.3, -0.25) is 0 Å². The summed E-state index contributed by atoms with van der Waals surface area (Å²) in [5, 5.41) is 0. The molecule has 0 radical (unpaired) electrons. The number of benzene rings is 2. The molecule has 3 nitrogen and oxygen atoms in total. The highest BCUT2D eigenvalue weighted by Gasteiger charge is 2.26. The number of aryl methyl sites for hydroxylation is 1. The van der Waals surface area contributed by atoms with Gasteiger partial charge in [0.25, 0.3) is 0 Å². The van der Waals surface area contributed by atoms with E-state index in [1.165, 1.54) is 0 Å². The molecule has 0 N–H and O–H groups in total. The molecule has 0 saturated carbocycles. The first kappa shape index (κ1) is 14.6. The Morgan fingerprint density at radius 2 is 1.70 bits per heavy atom. The number of para-hydroxylation sites is 1. The number of ether oxygens (including phenoxy) is 1. The standard InChI is InChI=1S/C14H12O3S.C2H6/c1-10-6-7-13-14(8-10)18(15,16)9-11-4-2-3-5-12(11)17-13;1-2/h2-8H,9H2,1H3;1-2H3. The molecule has 1 aliphatic heterocycles. The van der Waals surface area contributed by atoms with Gasteiger partial charge in [-0.05, 0) is 30.7 Å². The van der Waals surface area contributed by atoms with E-state index in [4.69, 9.17) is 4.74 Å². The first-order chi connectivity index (χ1) is 9.56. The van der Waals surface area contributed by atoms with Crippen LogP contribution in [0.15, 0.2) is 47.4 Å². The van der Waals surface area contributed by atoms with Crippen molar-refractivity contribution in [2.45, 2.75) is 31.4 Å². The minimum atomic E-state index is -3.34. The van der Waals surface area contributed by atoms with Gasteiger partial charge in [-0.15, -0.1) is 0 Å². The molecule has 0 amide bonds. The van der Waals surface area contributed by atoms with Crippen LogP contribution in [0, 0.1) is 6.92 Å². The Labute approximate surface area is 120 Å². The summed E-state index contributed by atoms with van der Waals surface area (Å²) in [6.07, 6.45) is 0. The van der Waals surface area contributed by atoms with E-state index in [-0.39, 0.29) is 10.6 Å². The molecule has 0 fully saturated rings. The Kier molecular flexibility index (Phi) is 4.14. The fourth-order valence-electron chi connectivity index (χ4n) is 2.07. The molecule has 3 rings (SSSR count). The lowest BCUT2D eigenvalue weighted by atomic mass is 10.2. The van der Waals surface area contributed by atoms with E-state index in [9.17, 15) is 8.42 Å². The van der Waals surface area contributed by atoms with Crippen LogP contribution in [0.2, 0.25) is 0 Å². The summed E-state index contributed by atoms with van der Waals surface area (Å²) < 4.78 is 30.4. The molecule has 0 saturated heterocycles. The molecule has 0 aliphatic carbocycles. The summed E-state index contributed by atoms with van der Waals surface area (Å²) in [7, 11) is -3.34. The second-order valence-corrected chi connectivity index (χ2v) is 6.38. The third-order valence-electron chi connectivity index (χ3n) is 2.97. The van der Waals surface area contributed by atoms with Crippen LogP contribution in [0.4, 0.5) is 0 Å². The Morgan fingerprint density at radius 3 is 2.45 bits per heavy atom. The summed E-state index contributed by atoms with van der Waals surface area (Å²) in [5.74, 6) is 1.01. The van der Waals surface area contributed by atoms with Gasteiger partial charge < -0.3 is 4.74 Å². The van der Waals surface area contributed by atoms with Gasteiger partial charge in [0.05, 0.1) is 5.75 Å². The second-order valence-electron chi connectivity index (χ2n) is 4.42. The zero-order chi connectivity index (χ0) is 14.8. The Bertz CT molecular complexity index is 718. The van der Waals surface area contributed by atoms with Crippen molar-refractivity contribution >= 4 is 9.84 Å². The van der Waals surface area contributed by atoms with E-state index in [1.54, 1.807) is 24.3 Å². The molecule has 0 spiro atoms. The van der Waals surface area contributed by atoms with Crippen LogP contribution >= 0.6 is 0 Å². The van der Waals surface area contributed by atoms with E-state index >= 15 is 0 Å². The molecule has 2 aromatic rings. The van der Waals surface area contributed by atoms with Gasteiger partial charge >= 0.3 is 0 Å². The molecule has 20 heavy (non-hydrogen) atoms. The topological polar surface area (TPSA) is 43.4 Å². The number of hydrogen-bond donors (Lipinski definition) is 0. The number of fused-ring (bicyclic) bond motifs is 2. The molecular formula is C16H18O3S. The van der Waals surface area contributed by atoms with Crippen LogP contribution in [0.3, 0.4) is 0 Å². The first-order valence-corrected chi connectivity index (χ1v) is 8.31. The van der Waals surface area contributed by atoms with Gasteiger partial charge in [0.1, 0.15) is 16.4 Å². The highest BCUT2D eigenvalue weighted by Crippen LogP contribution is 2.37. The van der Waals surface area contributed by atoms with E-state index in [0.29, 0.717) is 17.1 Å².